The molecule has 0 fully saturated rings. The van der Waals surface area contributed by atoms with Crippen molar-refractivity contribution in [1.82, 2.24) is 5.32 Å². The Balaban J connectivity index is 2.51. The van der Waals surface area contributed by atoms with Crippen molar-refractivity contribution in [2.45, 2.75) is 46.1 Å². The number of benzene rings is 1. The molecule has 0 aliphatic rings. The number of hydrogen-bond acceptors (Lipinski definition) is 1. The van der Waals surface area contributed by atoms with Crippen LogP contribution in [0.2, 0.25) is 0 Å². The van der Waals surface area contributed by atoms with Gasteiger partial charge in [0.05, 0.1) is 0 Å². The van der Waals surface area contributed by atoms with E-state index in [9.17, 15) is 0 Å². The van der Waals surface area contributed by atoms with Gasteiger partial charge in [-0.2, -0.15) is 0 Å². The highest BCUT2D eigenvalue weighted by atomic mass is 14.9. The molecule has 0 spiro atoms. The van der Waals surface area contributed by atoms with Crippen LogP contribution in [0.15, 0.2) is 36.4 Å². The van der Waals surface area contributed by atoms with Crippen molar-refractivity contribution in [3.05, 3.63) is 47.5 Å². The summed E-state index contributed by atoms with van der Waals surface area (Å²) in [7, 11) is 0. The van der Waals surface area contributed by atoms with Crippen molar-refractivity contribution in [1.29, 1.82) is 0 Å². The zero-order chi connectivity index (χ0) is 12.7. The van der Waals surface area contributed by atoms with Gasteiger partial charge in [-0.05, 0) is 37.8 Å². The molecule has 1 heteroatoms. The molecule has 0 aliphatic heterocycles. The van der Waals surface area contributed by atoms with Crippen LogP contribution in [0.5, 0.6) is 0 Å². The summed E-state index contributed by atoms with van der Waals surface area (Å²) in [6, 6.07) is 9.38. The summed E-state index contributed by atoms with van der Waals surface area (Å²) in [6.07, 6.45) is 3.74. The van der Waals surface area contributed by atoms with Crippen molar-refractivity contribution in [2.75, 3.05) is 6.54 Å². The van der Waals surface area contributed by atoms with Crippen LogP contribution >= 0.6 is 0 Å². The van der Waals surface area contributed by atoms with Gasteiger partial charge < -0.3 is 5.32 Å². The molecule has 17 heavy (non-hydrogen) atoms. The average Bonchev–Trinajstić information content (AvgIpc) is 2.34. The Hall–Kier alpha value is -1.08. The Bertz CT molecular complexity index is 337. The third kappa shape index (κ3) is 5.18. The van der Waals surface area contributed by atoms with E-state index < -0.39 is 0 Å². The third-order valence-corrected chi connectivity index (χ3v) is 3.01. The highest BCUT2D eigenvalue weighted by molar-refractivity contribution is 5.25. The Kier molecular flexibility index (Phi) is 5.99. The summed E-state index contributed by atoms with van der Waals surface area (Å²) >= 11 is 0. The maximum atomic E-state index is 3.91. The summed E-state index contributed by atoms with van der Waals surface area (Å²) in [5.74, 6) is 0. The molecule has 0 radical (unpaired) electrons. The molecular weight excluding hydrogens is 206 g/mol. The smallest absolute Gasteiger partial charge is 0.0294 e. The molecule has 0 saturated carbocycles. The Labute approximate surface area is 106 Å². The molecule has 1 nitrogen and oxygen atoms in total. The minimum Gasteiger partial charge on any atom is -0.306 e. The second-order valence-electron chi connectivity index (χ2n) is 4.90. The van der Waals surface area contributed by atoms with Crippen LogP contribution in [0.25, 0.3) is 0 Å². The van der Waals surface area contributed by atoms with Gasteiger partial charge in [0.2, 0.25) is 0 Å². The number of hydrogen-bond donors (Lipinski definition) is 1. The molecule has 1 rings (SSSR count). The van der Waals surface area contributed by atoms with Crippen molar-refractivity contribution >= 4 is 0 Å². The van der Waals surface area contributed by atoms with Crippen LogP contribution in [0.4, 0.5) is 0 Å². The molecule has 0 amide bonds. The van der Waals surface area contributed by atoms with E-state index in [2.05, 4.69) is 50.0 Å². The first kappa shape index (κ1) is 14.0. The molecule has 1 aromatic rings. The highest BCUT2D eigenvalue weighted by Crippen LogP contribution is 2.14. The van der Waals surface area contributed by atoms with Gasteiger partial charge in [-0.25, -0.2) is 0 Å². The predicted molar refractivity (Wildman–Crippen MR) is 76.3 cm³/mol. The Morgan fingerprint density at radius 2 is 1.94 bits per heavy atom. The zero-order valence-corrected chi connectivity index (χ0v) is 11.4. The normalized spacial score (nSPS) is 12.4. The average molecular weight is 231 g/mol. The molecule has 1 N–H and O–H groups in total. The Morgan fingerprint density at radius 3 is 2.47 bits per heavy atom. The molecule has 0 saturated heterocycles. The van der Waals surface area contributed by atoms with E-state index in [-0.39, 0.29) is 0 Å². The molecule has 0 bridgehead atoms. The molecule has 0 heterocycles. The minimum atomic E-state index is 0.395. The molecule has 1 atom stereocenters. The summed E-state index contributed by atoms with van der Waals surface area (Å²) in [6.45, 7) is 11.3. The zero-order valence-electron chi connectivity index (χ0n) is 11.4. The van der Waals surface area contributed by atoms with E-state index in [1.54, 1.807) is 0 Å². The fourth-order valence-electron chi connectivity index (χ4n) is 1.80. The van der Waals surface area contributed by atoms with Crippen molar-refractivity contribution in [3.63, 3.8) is 0 Å². The molecule has 94 valence electrons. The largest absolute Gasteiger partial charge is 0.306 e. The fraction of sp³-hybridized carbons (Fsp3) is 0.500. The lowest BCUT2D eigenvalue weighted by Crippen LogP contribution is -2.20. The lowest BCUT2D eigenvalue weighted by molar-refractivity contribution is 0.607. The van der Waals surface area contributed by atoms with Crippen LogP contribution in [0.3, 0.4) is 0 Å². The molecule has 0 aliphatic carbocycles. The molecule has 1 aromatic carbocycles. The summed E-state index contributed by atoms with van der Waals surface area (Å²) in [4.78, 5) is 0. The van der Waals surface area contributed by atoms with E-state index in [1.807, 2.05) is 6.92 Å². The van der Waals surface area contributed by atoms with Gasteiger partial charge in [-0.1, -0.05) is 49.8 Å². The van der Waals surface area contributed by atoms with E-state index in [4.69, 9.17) is 0 Å². The van der Waals surface area contributed by atoms with Gasteiger partial charge in [-0.15, -0.1) is 0 Å². The topological polar surface area (TPSA) is 12.0 Å². The summed E-state index contributed by atoms with van der Waals surface area (Å²) < 4.78 is 0. The quantitative estimate of drug-likeness (QED) is 0.692. The van der Waals surface area contributed by atoms with Gasteiger partial charge in [0.15, 0.2) is 0 Å². The maximum absolute atomic E-state index is 3.91. The van der Waals surface area contributed by atoms with Gasteiger partial charge in [0.25, 0.3) is 0 Å². The van der Waals surface area contributed by atoms with E-state index in [1.165, 1.54) is 36.0 Å². The lowest BCUT2D eigenvalue weighted by atomic mass is 10.0. The van der Waals surface area contributed by atoms with Crippen LogP contribution in [0.1, 0.15) is 50.8 Å². The summed E-state index contributed by atoms with van der Waals surface area (Å²) in [5, 5.41) is 3.46. The second kappa shape index (κ2) is 7.29. The first-order valence-electron chi connectivity index (χ1n) is 6.60. The minimum absolute atomic E-state index is 0.395. The molecule has 1 unspecified atom stereocenters. The summed E-state index contributed by atoms with van der Waals surface area (Å²) in [5.41, 5.74) is 3.98. The molecular formula is C16H25N. The SMILES string of the molecule is C=C(C)CNC(C)c1ccc(CCCC)cc1. The van der Waals surface area contributed by atoms with Crippen LogP contribution < -0.4 is 5.32 Å². The highest BCUT2D eigenvalue weighted by Gasteiger charge is 2.04. The van der Waals surface area contributed by atoms with E-state index >= 15 is 0 Å². The first-order valence-corrected chi connectivity index (χ1v) is 6.60. The Morgan fingerprint density at radius 1 is 1.29 bits per heavy atom. The monoisotopic (exact) mass is 231 g/mol. The third-order valence-electron chi connectivity index (χ3n) is 3.01. The lowest BCUT2D eigenvalue weighted by Gasteiger charge is -2.14. The van der Waals surface area contributed by atoms with Crippen molar-refractivity contribution in [3.8, 4) is 0 Å². The van der Waals surface area contributed by atoms with Gasteiger partial charge in [0, 0.05) is 12.6 Å². The van der Waals surface area contributed by atoms with Crippen LogP contribution in [-0.2, 0) is 6.42 Å². The molecule has 0 aromatic heterocycles. The van der Waals surface area contributed by atoms with Crippen molar-refractivity contribution in [2.24, 2.45) is 0 Å². The number of nitrogens with one attached hydrogen (secondary N) is 1. The number of aryl methyl sites for hydroxylation is 1. The second-order valence-corrected chi connectivity index (χ2v) is 4.90. The van der Waals surface area contributed by atoms with E-state index in [0.717, 1.165) is 6.54 Å². The van der Waals surface area contributed by atoms with Gasteiger partial charge in [0.1, 0.15) is 0 Å². The standard InChI is InChI=1S/C16H25N/c1-5-6-7-15-8-10-16(11-9-15)14(4)17-12-13(2)3/h8-11,14,17H,2,5-7,12H2,1,3-4H3. The number of unbranched alkanes of at least 4 members (excludes halogenated alkanes) is 1. The van der Waals surface area contributed by atoms with Gasteiger partial charge in [-0.3, -0.25) is 0 Å². The predicted octanol–water partition coefficient (Wildman–Crippen LogP) is 4.26. The first-order chi connectivity index (χ1) is 8.13. The van der Waals surface area contributed by atoms with Crippen molar-refractivity contribution < 1.29 is 0 Å². The van der Waals surface area contributed by atoms with Crippen LogP contribution in [0, 0.1) is 0 Å². The van der Waals surface area contributed by atoms with Gasteiger partial charge >= 0.3 is 0 Å². The number of rotatable bonds is 7. The fourth-order valence-corrected chi connectivity index (χ4v) is 1.80. The maximum Gasteiger partial charge on any atom is 0.0294 e. The van der Waals surface area contributed by atoms with Crippen LogP contribution in [-0.4, -0.2) is 6.54 Å². The van der Waals surface area contributed by atoms with E-state index in [0.29, 0.717) is 6.04 Å².